The summed E-state index contributed by atoms with van der Waals surface area (Å²) >= 11 is 3.21. The molecule has 0 aliphatic carbocycles. The van der Waals surface area contributed by atoms with Gasteiger partial charge in [0.2, 0.25) is 0 Å². The van der Waals surface area contributed by atoms with Crippen LogP contribution in [0.15, 0.2) is 22.7 Å². The molecule has 88 valence electrons. The molecule has 0 saturated carbocycles. The SMILES string of the molecule is Nc1ccc(C(=O)NCC(O)CO)cc1Br. The standard InChI is InChI=1S/C10H13BrN2O3/c11-8-3-6(1-2-9(8)12)10(16)13-4-7(15)5-14/h1-3,7,14-15H,4-5,12H2,(H,13,16). The number of halogens is 1. The van der Waals surface area contributed by atoms with Gasteiger partial charge in [-0.15, -0.1) is 0 Å². The number of hydrogen-bond acceptors (Lipinski definition) is 4. The molecule has 1 aromatic rings. The second-order valence-corrected chi connectivity index (χ2v) is 4.14. The lowest BCUT2D eigenvalue weighted by atomic mass is 10.2. The molecule has 0 heterocycles. The molecule has 1 unspecified atom stereocenters. The molecule has 0 saturated heterocycles. The normalized spacial score (nSPS) is 12.2. The first-order valence-electron chi connectivity index (χ1n) is 4.66. The number of amides is 1. The minimum Gasteiger partial charge on any atom is -0.398 e. The highest BCUT2D eigenvalue weighted by Gasteiger charge is 2.09. The molecule has 0 bridgehead atoms. The highest BCUT2D eigenvalue weighted by molar-refractivity contribution is 9.10. The molecular weight excluding hydrogens is 276 g/mol. The van der Waals surface area contributed by atoms with Gasteiger partial charge in [-0.3, -0.25) is 4.79 Å². The summed E-state index contributed by atoms with van der Waals surface area (Å²) in [5.41, 5.74) is 6.57. The van der Waals surface area contributed by atoms with Crippen molar-refractivity contribution in [3.63, 3.8) is 0 Å². The number of nitrogens with one attached hydrogen (secondary N) is 1. The van der Waals surface area contributed by atoms with E-state index in [1.165, 1.54) is 0 Å². The van der Waals surface area contributed by atoms with E-state index in [9.17, 15) is 4.79 Å². The summed E-state index contributed by atoms with van der Waals surface area (Å²) in [7, 11) is 0. The van der Waals surface area contributed by atoms with Crippen LogP contribution in [0.3, 0.4) is 0 Å². The van der Waals surface area contributed by atoms with E-state index < -0.39 is 6.10 Å². The van der Waals surface area contributed by atoms with Crippen molar-refractivity contribution in [2.45, 2.75) is 6.10 Å². The van der Waals surface area contributed by atoms with Gasteiger partial charge in [-0.05, 0) is 34.1 Å². The second kappa shape index (κ2) is 5.83. The molecule has 0 radical (unpaired) electrons. The number of hydrogen-bond donors (Lipinski definition) is 4. The van der Waals surface area contributed by atoms with Gasteiger partial charge in [0.15, 0.2) is 0 Å². The summed E-state index contributed by atoms with van der Waals surface area (Å²) in [5, 5.41) is 20.1. The number of carbonyl (C=O) groups is 1. The summed E-state index contributed by atoms with van der Waals surface area (Å²) in [6, 6.07) is 4.79. The van der Waals surface area contributed by atoms with Crippen molar-refractivity contribution in [2.24, 2.45) is 0 Å². The molecule has 0 aromatic heterocycles. The zero-order chi connectivity index (χ0) is 12.1. The van der Waals surface area contributed by atoms with Crippen LogP contribution >= 0.6 is 15.9 Å². The number of rotatable bonds is 4. The average molecular weight is 289 g/mol. The molecule has 5 N–H and O–H groups in total. The molecule has 16 heavy (non-hydrogen) atoms. The third kappa shape index (κ3) is 3.48. The predicted molar refractivity (Wildman–Crippen MR) is 64.0 cm³/mol. The van der Waals surface area contributed by atoms with E-state index in [-0.39, 0.29) is 19.1 Å². The van der Waals surface area contributed by atoms with Gasteiger partial charge in [0.25, 0.3) is 5.91 Å². The monoisotopic (exact) mass is 288 g/mol. The van der Waals surface area contributed by atoms with Gasteiger partial charge in [0.1, 0.15) is 0 Å². The van der Waals surface area contributed by atoms with E-state index >= 15 is 0 Å². The topological polar surface area (TPSA) is 95.6 Å². The lowest BCUT2D eigenvalue weighted by Crippen LogP contribution is -2.33. The van der Waals surface area contributed by atoms with Crippen LogP contribution in [-0.2, 0) is 0 Å². The van der Waals surface area contributed by atoms with Crippen molar-refractivity contribution in [1.29, 1.82) is 0 Å². The Labute approximate surface area is 101 Å². The number of carbonyl (C=O) groups excluding carboxylic acids is 1. The number of nitrogen functional groups attached to an aromatic ring is 1. The van der Waals surface area contributed by atoms with E-state index in [1.54, 1.807) is 18.2 Å². The van der Waals surface area contributed by atoms with Crippen LogP contribution in [-0.4, -0.2) is 35.4 Å². The van der Waals surface area contributed by atoms with Gasteiger partial charge in [0, 0.05) is 22.3 Å². The van der Waals surface area contributed by atoms with Gasteiger partial charge >= 0.3 is 0 Å². The predicted octanol–water partition coefficient (Wildman–Crippen LogP) is 0.114. The van der Waals surface area contributed by atoms with Gasteiger partial charge in [-0.25, -0.2) is 0 Å². The molecule has 1 atom stereocenters. The quantitative estimate of drug-likeness (QED) is 0.592. The Morgan fingerprint density at radius 1 is 1.56 bits per heavy atom. The minimum absolute atomic E-state index is 0.0112. The third-order valence-corrected chi connectivity index (χ3v) is 2.66. The summed E-state index contributed by atoms with van der Waals surface area (Å²) in [6.45, 7) is -0.372. The fourth-order valence-electron chi connectivity index (χ4n) is 1.05. The lowest BCUT2D eigenvalue weighted by molar-refractivity contribution is 0.0802. The van der Waals surface area contributed by atoms with Gasteiger partial charge in [0.05, 0.1) is 12.7 Å². The molecule has 0 aliphatic heterocycles. The van der Waals surface area contributed by atoms with E-state index in [0.29, 0.717) is 15.7 Å². The Kier molecular flexibility index (Phi) is 4.72. The highest BCUT2D eigenvalue weighted by Crippen LogP contribution is 2.20. The van der Waals surface area contributed by atoms with Crippen molar-refractivity contribution < 1.29 is 15.0 Å². The fourth-order valence-corrected chi connectivity index (χ4v) is 1.42. The van der Waals surface area contributed by atoms with Crippen LogP contribution in [0.25, 0.3) is 0 Å². The maximum absolute atomic E-state index is 11.6. The molecule has 1 rings (SSSR count). The molecule has 1 amide bonds. The fraction of sp³-hybridized carbons (Fsp3) is 0.300. The molecule has 0 fully saturated rings. The van der Waals surface area contributed by atoms with Crippen molar-refractivity contribution >= 4 is 27.5 Å². The van der Waals surface area contributed by atoms with Crippen LogP contribution in [0.4, 0.5) is 5.69 Å². The molecule has 1 aromatic carbocycles. The maximum Gasteiger partial charge on any atom is 0.251 e. The van der Waals surface area contributed by atoms with Crippen molar-refractivity contribution in [2.75, 3.05) is 18.9 Å². The van der Waals surface area contributed by atoms with Crippen LogP contribution in [0, 0.1) is 0 Å². The van der Waals surface area contributed by atoms with Crippen molar-refractivity contribution in [3.8, 4) is 0 Å². The first kappa shape index (κ1) is 13.0. The summed E-state index contributed by atoms with van der Waals surface area (Å²) in [6.07, 6.45) is -0.943. The molecule has 6 heteroatoms. The van der Waals surface area contributed by atoms with Crippen LogP contribution in [0.2, 0.25) is 0 Å². The van der Waals surface area contributed by atoms with E-state index in [0.717, 1.165) is 0 Å². The zero-order valence-electron chi connectivity index (χ0n) is 8.48. The number of benzene rings is 1. The number of nitrogens with two attached hydrogens (primary N) is 1. The van der Waals surface area contributed by atoms with Gasteiger partial charge < -0.3 is 21.3 Å². The zero-order valence-corrected chi connectivity index (χ0v) is 10.1. The summed E-state index contributed by atoms with van der Waals surface area (Å²) in [5.74, 6) is -0.326. The Bertz CT molecular complexity index is 384. The molecular formula is C10H13BrN2O3. The first-order chi connectivity index (χ1) is 7.54. The van der Waals surface area contributed by atoms with Gasteiger partial charge in [-0.2, -0.15) is 0 Å². The average Bonchev–Trinajstić information content (AvgIpc) is 2.29. The van der Waals surface area contributed by atoms with Crippen LogP contribution in [0.1, 0.15) is 10.4 Å². The number of aliphatic hydroxyl groups is 2. The largest absolute Gasteiger partial charge is 0.398 e. The van der Waals surface area contributed by atoms with E-state index in [4.69, 9.17) is 15.9 Å². The Balaban J connectivity index is 2.63. The highest BCUT2D eigenvalue weighted by atomic mass is 79.9. The summed E-state index contributed by atoms with van der Waals surface area (Å²) < 4.78 is 0.642. The van der Waals surface area contributed by atoms with Gasteiger partial charge in [-0.1, -0.05) is 0 Å². The molecule has 5 nitrogen and oxygen atoms in total. The molecule has 0 spiro atoms. The number of aliphatic hydroxyl groups excluding tert-OH is 2. The minimum atomic E-state index is -0.943. The van der Waals surface area contributed by atoms with Crippen LogP contribution in [0.5, 0.6) is 0 Å². The Morgan fingerprint density at radius 2 is 2.25 bits per heavy atom. The number of anilines is 1. The van der Waals surface area contributed by atoms with E-state index in [1.807, 2.05) is 0 Å². The van der Waals surface area contributed by atoms with E-state index in [2.05, 4.69) is 21.2 Å². The third-order valence-electron chi connectivity index (χ3n) is 1.97. The smallest absolute Gasteiger partial charge is 0.251 e. The molecule has 0 aliphatic rings. The maximum atomic E-state index is 11.6. The lowest BCUT2D eigenvalue weighted by Gasteiger charge is -2.09. The second-order valence-electron chi connectivity index (χ2n) is 3.28. The van der Waals surface area contributed by atoms with Crippen molar-refractivity contribution in [3.05, 3.63) is 28.2 Å². The Morgan fingerprint density at radius 3 is 2.81 bits per heavy atom. The Hall–Kier alpha value is -1.11. The van der Waals surface area contributed by atoms with Crippen molar-refractivity contribution in [1.82, 2.24) is 5.32 Å². The first-order valence-corrected chi connectivity index (χ1v) is 5.46. The summed E-state index contributed by atoms with van der Waals surface area (Å²) in [4.78, 5) is 11.6. The van der Waals surface area contributed by atoms with Crippen LogP contribution < -0.4 is 11.1 Å².